The van der Waals surface area contributed by atoms with Gasteiger partial charge in [-0.2, -0.15) is 0 Å². The molecule has 1 aromatic heterocycles. The normalized spacial score (nSPS) is 8.47. The van der Waals surface area contributed by atoms with Gasteiger partial charge in [0.2, 0.25) is 0 Å². The van der Waals surface area contributed by atoms with Gasteiger partial charge in [-0.1, -0.05) is 0 Å². The van der Waals surface area contributed by atoms with E-state index in [1.165, 1.54) is 18.5 Å². The number of hydrogen-bond donors (Lipinski definition) is 1. The van der Waals surface area contributed by atoms with Crippen molar-refractivity contribution in [2.75, 3.05) is 6.61 Å². The van der Waals surface area contributed by atoms with Crippen LogP contribution in [0.1, 0.15) is 17.3 Å². The zero-order valence-corrected chi connectivity index (χ0v) is 11.8. The Morgan fingerprint density at radius 1 is 1.60 bits per heavy atom. The first-order valence-electron chi connectivity index (χ1n) is 4.34. The fourth-order valence-corrected chi connectivity index (χ4v) is 1.14. The van der Waals surface area contributed by atoms with E-state index in [-0.39, 0.29) is 54.6 Å². The van der Waals surface area contributed by atoms with E-state index in [4.69, 9.17) is 5.11 Å². The molecule has 1 aromatic rings. The smallest absolute Gasteiger partial charge is 0.337 e. The van der Waals surface area contributed by atoms with Crippen molar-refractivity contribution >= 4 is 55.0 Å². The van der Waals surface area contributed by atoms with Crippen LogP contribution >= 0.6 is 0 Å². The Morgan fingerprint density at radius 3 is 2.47 bits per heavy atom. The fraction of sp³-hybridized carbons (Fsp3) is 0.222. The summed E-state index contributed by atoms with van der Waals surface area (Å²) in [6.45, 7) is 2.34. The average Bonchev–Trinajstić information content (AvgIpc) is 2.20. The number of carbonyl (C=O) groups excluding carboxylic acids is 1. The number of carboxylic acid groups (broad SMARTS) is 1. The summed E-state index contributed by atoms with van der Waals surface area (Å²) < 4.78 is 4.46. The molecule has 0 unspecified atom stereocenters. The Labute approximate surface area is 121 Å². The van der Waals surface area contributed by atoms with Gasteiger partial charge in [0, 0.05) is 12.4 Å². The summed E-state index contributed by atoms with van der Waals surface area (Å²) in [6, 6.07) is 3.08. The van der Waals surface area contributed by atoms with Crippen molar-refractivity contribution in [3.63, 3.8) is 0 Å². The van der Waals surface area contributed by atoms with Gasteiger partial charge in [-0.05, 0) is 12.1 Å². The van der Waals surface area contributed by atoms with Gasteiger partial charge in [0.25, 0.3) is 0 Å². The van der Waals surface area contributed by atoms with Gasteiger partial charge < -0.3 is 5.11 Å². The Hall–Kier alpha value is -0.274. The molecule has 0 spiro atoms. The number of ether oxygens (including phenoxy) is 1. The van der Waals surface area contributed by atoms with Crippen LogP contribution < -0.4 is 0 Å². The van der Waals surface area contributed by atoms with E-state index in [1.807, 2.05) is 6.92 Å². The van der Waals surface area contributed by atoms with E-state index in [9.17, 15) is 9.59 Å². The fourth-order valence-electron chi connectivity index (χ4n) is 0.693. The number of aromatic carboxylic acids is 1. The molecule has 0 saturated carbocycles. The van der Waals surface area contributed by atoms with E-state index >= 15 is 0 Å². The van der Waals surface area contributed by atoms with E-state index in [0.29, 0.717) is 6.61 Å². The number of carboxylic acids is 1. The van der Waals surface area contributed by atoms with Crippen LogP contribution in [0.5, 0.6) is 0 Å². The molecule has 0 fully saturated rings. The summed E-state index contributed by atoms with van der Waals surface area (Å²) in [5.41, 5.74) is 0.220. The van der Waals surface area contributed by atoms with Crippen molar-refractivity contribution in [2.45, 2.75) is 6.92 Å². The zero-order valence-electron chi connectivity index (χ0n) is 8.64. The zero-order chi connectivity index (χ0) is 11.7. The first kappa shape index (κ1) is 14.7. The predicted molar refractivity (Wildman–Crippen MR) is 54.0 cm³/mol. The van der Waals surface area contributed by atoms with Gasteiger partial charge in [-0.25, -0.2) is 4.79 Å². The van der Waals surface area contributed by atoms with Crippen molar-refractivity contribution in [1.29, 1.82) is 0 Å². The van der Waals surface area contributed by atoms with Gasteiger partial charge in [0.05, 0.1) is 5.56 Å². The van der Waals surface area contributed by atoms with Crippen LogP contribution in [0.2, 0.25) is 0 Å². The second-order valence-electron chi connectivity index (χ2n) is 2.47. The van der Waals surface area contributed by atoms with E-state index in [1.54, 1.807) is 6.07 Å². The molecule has 0 atom stereocenters. The Balaban J connectivity index is 0.000000288. The molecule has 6 heteroatoms. The second kappa shape index (κ2) is 8.99. The predicted octanol–water partition coefficient (Wildman–Crippen LogP) is 1.09. The van der Waals surface area contributed by atoms with Crippen molar-refractivity contribution in [2.24, 2.45) is 0 Å². The van der Waals surface area contributed by atoms with Crippen LogP contribution in [-0.2, 0) is 4.74 Å². The molecular formula is C9H10KNO4. The maximum absolute atomic E-state index is 10.2. The minimum Gasteiger partial charge on any atom is -0.478 e. The number of hydrogen-bond acceptors (Lipinski definition) is 4. The molecule has 0 aromatic carbocycles. The Bertz CT molecular complexity index is 315. The molecule has 76 valence electrons. The van der Waals surface area contributed by atoms with Crippen molar-refractivity contribution in [1.82, 2.24) is 4.98 Å². The van der Waals surface area contributed by atoms with Crippen LogP contribution in [0.4, 0.5) is 4.79 Å². The maximum Gasteiger partial charge on any atom is 0.337 e. The molecule has 0 amide bonds. The van der Waals surface area contributed by atoms with Crippen LogP contribution in [0.3, 0.4) is 0 Å². The third-order valence-electron chi connectivity index (χ3n) is 1.26. The Morgan fingerprint density at radius 2 is 2.27 bits per heavy atom. The molecule has 1 heterocycles. The summed E-state index contributed by atoms with van der Waals surface area (Å²) in [6.07, 6.45) is 2.84. The first-order chi connectivity index (χ1) is 7.07. The topological polar surface area (TPSA) is 76.5 Å². The maximum atomic E-state index is 10.2. The molecule has 0 radical (unpaired) electrons. The number of pyridine rings is 1. The van der Waals surface area contributed by atoms with E-state index < -0.39 is 5.97 Å². The van der Waals surface area contributed by atoms with Gasteiger partial charge in [0.15, 0.2) is 0 Å². The standard InChI is InChI=1S/C6H5NO2.C3H5O2.K/c8-6(9)5-2-1-3-7-4-5;1-2-5-3-4;/h1-4H,(H,8,9);2H2,1H3;. The van der Waals surface area contributed by atoms with Crippen LogP contribution in [0.25, 0.3) is 0 Å². The minimum atomic E-state index is -0.942. The molecule has 0 bridgehead atoms. The molecular weight excluding hydrogens is 225 g/mol. The third kappa shape index (κ3) is 8.70. The van der Waals surface area contributed by atoms with Gasteiger partial charge >= 0.3 is 78.0 Å². The summed E-state index contributed by atoms with van der Waals surface area (Å²) in [5, 5.41) is 8.34. The monoisotopic (exact) mass is 235 g/mol. The van der Waals surface area contributed by atoms with E-state index in [0.717, 1.165) is 0 Å². The minimum absolute atomic E-state index is 0.0231. The molecule has 0 saturated heterocycles. The number of carbonyl (C=O) groups is 2. The number of rotatable bonds is 2. The van der Waals surface area contributed by atoms with Crippen molar-refractivity contribution in [3.8, 4) is 0 Å². The molecule has 5 nitrogen and oxygen atoms in total. The van der Waals surface area contributed by atoms with Crippen LogP contribution in [0.15, 0.2) is 24.5 Å². The molecule has 15 heavy (non-hydrogen) atoms. The quantitative estimate of drug-likeness (QED) is 0.776. The average molecular weight is 235 g/mol. The van der Waals surface area contributed by atoms with Gasteiger partial charge in [-0.3, -0.25) is 4.98 Å². The summed E-state index contributed by atoms with van der Waals surface area (Å²) in [4.78, 5) is 23.7. The molecule has 0 aliphatic heterocycles. The summed E-state index contributed by atoms with van der Waals surface area (Å²) >= 11 is 0.211. The Kier molecular flexibility index (Phi) is 8.82. The van der Waals surface area contributed by atoms with Gasteiger partial charge in [0.1, 0.15) is 0 Å². The van der Waals surface area contributed by atoms with Gasteiger partial charge in [-0.15, -0.1) is 0 Å². The van der Waals surface area contributed by atoms with Crippen LogP contribution in [-0.4, -0.2) is 71.7 Å². The van der Waals surface area contributed by atoms with Crippen molar-refractivity contribution < 1.29 is 19.4 Å². The van der Waals surface area contributed by atoms with E-state index in [2.05, 4.69) is 9.72 Å². The summed E-state index contributed by atoms with van der Waals surface area (Å²) in [5.74, 6) is -0.942. The number of nitrogens with zero attached hydrogens (tertiary/aromatic N) is 1. The number of aromatic nitrogens is 1. The third-order valence-corrected chi connectivity index (χ3v) is 1.71. The second-order valence-corrected chi connectivity index (χ2v) is 3.75. The largest absolute Gasteiger partial charge is 0.478 e. The van der Waals surface area contributed by atoms with Crippen molar-refractivity contribution in [3.05, 3.63) is 30.1 Å². The molecule has 0 aliphatic rings. The summed E-state index contributed by atoms with van der Waals surface area (Å²) in [7, 11) is 0. The molecule has 1 rings (SSSR count). The SMILES string of the molecule is CCO[C](=O)[K].O=C(O)c1cccnc1. The molecule has 0 aliphatic carbocycles. The van der Waals surface area contributed by atoms with Crippen LogP contribution in [0, 0.1) is 0 Å². The first-order valence-corrected chi connectivity index (χ1v) is 5.90. The molecule has 1 N–H and O–H groups in total.